The normalized spacial score (nSPS) is 14.5. The lowest BCUT2D eigenvalue weighted by Crippen LogP contribution is -2.38. The van der Waals surface area contributed by atoms with Crippen molar-refractivity contribution in [3.63, 3.8) is 0 Å². The number of hydrogen-bond acceptors (Lipinski definition) is 10. The molecular weight excluding hydrogens is 657 g/mol. The maximum Gasteiger partial charge on any atom is 0.416 e. The molecule has 48 heavy (non-hydrogen) atoms. The molecule has 0 bridgehead atoms. The highest BCUT2D eigenvalue weighted by atomic mass is 32.2. The molecule has 0 saturated heterocycles. The summed E-state index contributed by atoms with van der Waals surface area (Å²) in [5.41, 5.74) is 0.395. The van der Waals surface area contributed by atoms with Crippen LogP contribution in [0.25, 0.3) is 0 Å². The number of ether oxygens (including phenoxy) is 1. The molecule has 0 spiro atoms. The van der Waals surface area contributed by atoms with Crippen LogP contribution in [0.2, 0.25) is 0 Å². The van der Waals surface area contributed by atoms with Gasteiger partial charge in [-0.3, -0.25) is 4.90 Å². The van der Waals surface area contributed by atoms with Gasteiger partial charge in [0, 0.05) is 29.9 Å². The van der Waals surface area contributed by atoms with Crippen LogP contribution in [0.15, 0.2) is 89.1 Å². The number of aryl methyl sites for hydroxylation is 2. The van der Waals surface area contributed by atoms with Gasteiger partial charge in [0.25, 0.3) is 0 Å². The van der Waals surface area contributed by atoms with Crippen LogP contribution in [0.3, 0.4) is 0 Å². The molecule has 1 aliphatic rings. The zero-order valence-corrected chi connectivity index (χ0v) is 26.3. The lowest BCUT2D eigenvalue weighted by Gasteiger charge is -2.36. The topological polar surface area (TPSA) is 185 Å². The van der Waals surface area contributed by atoms with Gasteiger partial charge in [-0.2, -0.15) is 18.4 Å². The number of pyridine rings is 1. The van der Waals surface area contributed by atoms with Crippen molar-refractivity contribution in [2.24, 2.45) is 0 Å². The quantitative estimate of drug-likeness (QED) is 0.159. The van der Waals surface area contributed by atoms with Crippen LogP contribution in [0.5, 0.6) is 0 Å². The van der Waals surface area contributed by atoms with E-state index in [1.165, 1.54) is 28.7 Å². The number of carbonyl (C=O) groups is 1. The summed E-state index contributed by atoms with van der Waals surface area (Å²) in [4.78, 5) is 27.9. The van der Waals surface area contributed by atoms with Crippen molar-refractivity contribution in [2.75, 3.05) is 24.4 Å². The van der Waals surface area contributed by atoms with Crippen LogP contribution in [0.1, 0.15) is 35.2 Å². The first-order chi connectivity index (χ1) is 22.7. The highest BCUT2D eigenvalue weighted by Gasteiger charge is 2.41. The Morgan fingerprint density at radius 3 is 2.46 bits per heavy atom. The van der Waals surface area contributed by atoms with Crippen LogP contribution in [0, 0.1) is 11.3 Å². The average Bonchev–Trinajstić information content (AvgIpc) is 3.43. The SMILES string of the molecule is COC(=O)C1=C(C)N(c2cccc(C(F)(F)F)c2)c2n[nH]c(=O)n2C1c1ccc(C#N)cc1CC[n+]1ccccc1.O=S(=O)([O-])CCO. The Kier molecular flexibility index (Phi) is 10.8. The summed E-state index contributed by atoms with van der Waals surface area (Å²) in [5, 5.41) is 23.9. The summed E-state index contributed by atoms with van der Waals surface area (Å²) in [6, 6.07) is 16.2. The fourth-order valence-corrected chi connectivity index (χ4v) is 5.41. The van der Waals surface area contributed by atoms with Crippen molar-refractivity contribution in [3.05, 3.63) is 117 Å². The number of nitrogens with one attached hydrogen (secondary N) is 1. The smallest absolute Gasteiger partial charge is 0.416 e. The van der Waals surface area contributed by atoms with Crippen molar-refractivity contribution in [1.82, 2.24) is 14.8 Å². The molecule has 0 fully saturated rings. The molecule has 2 aromatic carbocycles. The largest absolute Gasteiger partial charge is 0.748 e. The molecule has 5 rings (SSSR count). The van der Waals surface area contributed by atoms with Gasteiger partial charge in [-0.15, -0.1) is 5.10 Å². The minimum Gasteiger partial charge on any atom is -0.748 e. The summed E-state index contributed by atoms with van der Waals surface area (Å²) in [6.45, 7) is 1.51. The zero-order valence-electron chi connectivity index (χ0n) is 25.5. The molecule has 2 N–H and O–H groups in total. The number of aromatic amines is 1. The molecule has 1 unspecified atom stereocenters. The number of rotatable bonds is 8. The van der Waals surface area contributed by atoms with E-state index >= 15 is 0 Å². The van der Waals surface area contributed by atoms with Gasteiger partial charge in [-0.25, -0.2) is 32.2 Å². The van der Waals surface area contributed by atoms with Crippen molar-refractivity contribution >= 4 is 27.7 Å². The number of anilines is 2. The van der Waals surface area contributed by atoms with E-state index in [2.05, 4.69) is 16.3 Å². The molecule has 1 atom stereocenters. The van der Waals surface area contributed by atoms with Gasteiger partial charge in [0.05, 0.1) is 52.4 Å². The monoisotopic (exact) mass is 686 g/mol. The molecular formula is C31H29F3N6O7S. The number of methoxy groups -OCH3 is 1. The van der Waals surface area contributed by atoms with Gasteiger partial charge in [-0.05, 0) is 48.4 Å². The Bertz CT molecular complexity index is 2040. The summed E-state index contributed by atoms with van der Waals surface area (Å²) >= 11 is 0. The molecule has 13 nitrogen and oxygen atoms in total. The molecule has 3 heterocycles. The van der Waals surface area contributed by atoms with Crippen molar-refractivity contribution in [3.8, 4) is 6.07 Å². The summed E-state index contributed by atoms with van der Waals surface area (Å²) in [7, 11) is -2.99. The number of alkyl halides is 3. The first-order valence-corrected chi connectivity index (χ1v) is 15.7. The second-order valence-electron chi connectivity index (χ2n) is 10.3. The Morgan fingerprint density at radius 1 is 1.17 bits per heavy atom. The lowest BCUT2D eigenvalue weighted by atomic mass is 9.89. The number of nitrogens with zero attached hydrogens (tertiary/aromatic N) is 5. The number of halogens is 3. The predicted octanol–water partition coefficient (Wildman–Crippen LogP) is 2.70. The number of carbonyl (C=O) groups excluding carboxylic acids is 1. The number of benzene rings is 2. The number of aliphatic hydroxyl groups excluding tert-OH is 1. The number of fused-ring (bicyclic) bond motifs is 1. The van der Waals surface area contributed by atoms with E-state index in [4.69, 9.17) is 9.84 Å². The number of aliphatic hydroxyl groups is 1. The van der Waals surface area contributed by atoms with E-state index < -0.39 is 51.9 Å². The van der Waals surface area contributed by atoms with E-state index in [1.807, 2.05) is 35.2 Å². The number of esters is 1. The molecule has 0 amide bonds. The van der Waals surface area contributed by atoms with Gasteiger partial charge in [0.1, 0.15) is 6.04 Å². The maximum absolute atomic E-state index is 13.6. The molecule has 17 heteroatoms. The zero-order chi connectivity index (χ0) is 35.2. The van der Waals surface area contributed by atoms with Crippen molar-refractivity contribution in [2.45, 2.75) is 32.1 Å². The number of nitriles is 1. The number of allylic oxidation sites excluding steroid dienone is 1. The Balaban J connectivity index is 0.000000671. The maximum atomic E-state index is 13.6. The third kappa shape index (κ3) is 7.97. The number of aromatic nitrogens is 4. The first-order valence-electron chi connectivity index (χ1n) is 14.1. The van der Waals surface area contributed by atoms with E-state index in [9.17, 15) is 41.0 Å². The molecule has 1 aliphatic heterocycles. The van der Waals surface area contributed by atoms with E-state index in [1.54, 1.807) is 25.1 Å². The standard InChI is InChI=1S/C29H23F3N6O3.C2H6O4S/c1-18-24(26(39)41-2)25(23-10-9-19(17-33)15-20(23)11-14-36-12-4-3-5-13-36)38-27(34-35-28(38)40)37(18)22-8-6-7-21(16-22)29(30,31)32;3-1-2-7(4,5)6/h3-10,12-13,15-16,25H,11,14H2,1-2H3;3H,1-2H2,(H,4,5,6). The Hall–Kier alpha value is -5.31. The van der Waals surface area contributed by atoms with Gasteiger partial charge in [-0.1, -0.05) is 18.2 Å². The molecule has 0 saturated carbocycles. The lowest BCUT2D eigenvalue weighted by molar-refractivity contribution is -0.696. The molecule has 0 aliphatic carbocycles. The third-order valence-corrected chi connectivity index (χ3v) is 7.99. The fourth-order valence-electron chi connectivity index (χ4n) is 5.18. The third-order valence-electron chi connectivity index (χ3n) is 7.30. The minimum absolute atomic E-state index is 0.00257. The Labute approximate surface area is 272 Å². The summed E-state index contributed by atoms with van der Waals surface area (Å²) < 4.78 is 77.5. The van der Waals surface area contributed by atoms with Crippen LogP contribution in [0.4, 0.5) is 24.8 Å². The molecule has 4 aromatic rings. The highest BCUT2D eigenvalue weighted by Crippen LogP contribution is 2.43. The first kappa shape index (κ1) is 35.5. The van der Waals surface area contributed by atoms with Crippen molar-refractivity contribution < 1.29 is 45.3 Å². The molecule has 2 aromatic heterocycles. The van der Waals surface area contributed by atoms with Crippen LogP contribution in [-0.2, 0) is 38.8 Å². The van der Waals surface area contributed by atoms with E-state index in [-0.39, 0.29) is 22.9 Å². The van der Waals surface area contributed by atoms with Gasteiger partial charge in [0.15, 0.2) is 18.9 Å². The van der Waals surface area contributed by atoms with Crippen LogP contribution in [-0.4, -0.2) is 58.3 Å². The highest BCUT2D eigenvalue weighted by molar-refractivity contribution is 7.85. The second kappa shape index (κ2) is 14.6. The number of hydrogen-bond donors (Lipinski definition) is 2. The second-order valence-corrected chi connectivity index (χ2v) is 11.9. The van der Waals surface area contributed by atoms with Gasteiger partial charge >= 0.3 is 17.8 Å². The summed E-state index contributed by atoms with van der Waals surface area (Å²) in [5.74, 6) is -1.46. The van der Waals surface area contributed by atoms with E-state index in [0.29, 0.717) is 29.7 Å². The summed E-state index contributed by atoms with van der Waals surface area (Å²) in [6.07, 6.45) is -0.382. The Morgan fingerprint density at radius 2 is 1.88 bits per heavy atom. The minimum atomic E-state index is -4.61. The molecule has 252 valence electrons. The predicted molar refractivity (Wildman–Crippen MR) is 162 cm³/mol. The average molecular weight is 687 g/mol. The molecule has 0 radical (unpaired) electrons. The van der Waals surface area contributed by atoms with E-state index in [0.717, 1.165) is 12.1 Å². The van der Waals surface area contributed by atoms with Crippen molar-refractivity contribution in [1.29, 1.82) is 5.26 Å². The van der Waals surface area contributed by atoms with Gasteiger partial charge < -0.3 is 14.4 Å². The fraction of sp³-hybridized carbons (Fsp3) is 0.258. The van der Waals surface area contributed by atoms with Crippen LogP contribution >= 0.6 is 0 Å². The number of H-pyrrole nitrogens is 1. The van der Waals surface area contributed by atoms with Gasteiger partial charge in [0.2, 0.25) is 5.95 Å². The van der Waals surface area contributed by atoms with Crippen LogP contribution < -0.4 is 15.2 Å².